The minimum absolute atomic E-state index is 0.0881. The molecule has 0 bridgehead atoms. The maximum atomic E-state index is 13.6. The monoisotopic (exact) mass is 274 g/mol. The van der Waals surface area contributed by atoms with Crippen molar-refractivity contribution in [2.75, 3.05) is 5.73 Å². The number of benzene rings is 1. The van der Waals surface area contributed by atoms with Gasteiger partial charge >= 0.3 is 0 Å². The number of hydrogen-bond acceptors (Lipinski definition) is 3. The van der Waals surface area contributed by atoms with Gasteiger partial charge in [0, 0.05) is 5.54 Å². The van der Waals surface area contributed by atoms with Crippen molar-refractivity contribution in [3.05, 3.63) is 24.0 Å². The zero-order valence-electron chi connectivity index (χ0n) is 10.8. The molecule has 1 aromatic carbocycles. The molecule has 1 rings (SSSR count). The van der Waals surface area contributed by atoms with E-state index < -0.39 is 26.3 Å². The number of halogens is 1. The summed E-state index contributed by atoms with van der Waals surface area (Å²) in [5.41, 5.74) is 4.82. The molecule has 0 aliphatic carbocycles. The van der Waals surface area contributed by atoms with Crippen LogP contribution in [0.1, 0.15) is 33.6 Å². The molecule has 6 heteroatoms. The number of nitrogens with one attached hydrogen (secondary N) is 1. The Labute approximate surface area is 107 Å². The van der Waals surface area contributed by atoms with Crippen molar-refractivity contribution in [3.8, 4) is 0 Å². The Balaban J connectivity index is 3.15. The van der Waals surface area contributed by atoms with Gasteiger partial charge in [-0.15, -0.1) is 0 Å². The van der Waals surface area contributed by atoms with Crippen molar-refractivity contribution in [3.63, 3.8) is 0 Å². The first kappa shape index (κ1) is 14.9. The first-order chi connectivity index (χ1) is 8.19. The summed E-state index contributed by atoms with van der Waals surface area (Å²) in [7, 11) is -3.95. The van der Waals surface area contributed by atoms with E-state index in [2.05, 4.69) is 4.72 Å². The topological polar surface area (TPSA) is 72.2 Å². The lowest BCUT2D eigenvalue weighted by Gasteiger charge is -2.25. The van der Waals surface area contributed by atoms with Crippen LogP contribution in [0.4, 0.5) is 10.1 Å². The lowest BCUT2D eigenvalue weighted by molar-refractivity contribution is 0.416. The minimum Gasteiger partial charge on any atom is -0.398 e. The summed E-state index contributed by atoms with van der Waals surface area (Å²) < 4.78 is 40.4. The third-order valence-electron chi connectivity index (χ3n) is 2.55. The average molecular weight is 274 g/mol. The van der Waals surface area contributed by atoms with Crippen molar-refractivity contribution in [1.29, 1.82) is 0 Å². The fourth-order valence-electron chi connectivity index (χ4n) is 1.90. The molecule has 0 spiro atoms. The Morgan fingerprint density at radius 3 is 2.50 bits per heavy atom. The van der Waals surface area contributed by atoms with Gasteiger partial charge in [-0.05, 0) is 32.4 Å². The molecule has 102 valence electrons. The number of nitrogen functional groups attached to an aromatic ring is 1. The number of rotatable bonds is 5. The van der Waals surface area contributed by atoms with E-state index in [-0.39, 0.29) is 5.69 Å². The molecular formula is C12H19FN2O2S. The summed E-state index contributed by atoms with van der Waals surface area (Å²) in [5.74, 6) is -0.838. The summed E-state index contributed by atoms with van der Waals surface area (Å²) >= 11 is 0. The SMILES string of the molecule is CCCC(C)(C)NS(=O)(=O)c1c(N)cccc1F. The zero-order chi connectivity index (χ0) is 14.0. The molecule has 18 heavy (non-hydrogen) atoms. The summed E-state index contributed by atoms with van der Waals surface area (Å²) in [6.07, 6.45) is 1.48. The molecule has 0 radical (unpaired) electrons. The third kappa shape index (κ3) is 3.43. The first-order valence-electron chi connectivity index (χ1n) is 5.77. The van der Waals surface area contributed by atoms with Crippen molar-refractivity contribution < 1.29 is 12.8 Å². The van der Waals surface area contributed by atoms with Gasteiger partial charge in [-0.2, -0.15) is 0 Å². The Kier molecular flexibility index (Phi) is 4.34. The maximum absolute atomic E-state index is 13.6. The summed E-state index contributed by atoms with van der Waals surface area (Å²) in [6.45, 7) is 5.46. The highest BCUT2D eigenvalue weighted by atomic mass is 32.2. The molecule has 0 unspecified atom stereocenters. The summed E-state index contributed by atoms with van der Waals surface area (Å²) in [4.78, 5) is -0.478. The molecule has 0 aromatic heterocycles. The smallest absolute Gasteiger partial charge is 0.246 e. The highest BCUT2D eigenvalue weighted by Crippen LogP contribution is 2.24. The number of anilines is 1. The lowest BCUT2D eigenvalue weighted by Crippen LogP contribution is -2.43. The van der Waals surface area contributed by atoms with Crippen molar-refractivity contribution >= 4 is 15.7 Å². The fourth-order valence-corrected chi connectivity index (χ4v) is 3.53. The van der Waals surface area contributed by atoms with E-state index in [1.54, 1.807) is 13.8 Å². The molecule has 3 N–H and O–H groups in total. The molecule has 1 aromatic rings. The second-order valence-electron chi connectivity index (χ2n) is 4.90. The van der Waals surface area contributed by atoms with Crippen LogP contribution in [-0.4, -0.2) is 14.0 Å². The van der Waals surface area contributed by atoms with Gasteiger partial charge in [0.2, 0.25) is 10.0 Å². The normalized spacial score (nSPS) is 12.7. The number of sulfonamides is 1. The molecule has 0 amide bonds. The fraction of sp³-hybridized carbons (Fsp3) is 0.500. The standard InChI is InChI=1S/C12H19FN2O2S/c1-4-8-12(2,3)15-18(16,17)11-9(13)6-5-7-10(11)14/h5-7,15H,4,8,14H2,1-3H3. The molecular weight excluding hydrogens is 255 g/mol. The van der Waals surface area contributed by atoms with Crippen LogP contribution in [-0.2, 0) is 10.0 Å². The third-order valence-corrected chi connectivity index (χ3v) is 4.34. The van der Waals surface area contributed by atoms with Crippen LogP contribution in [0.25, 0.3) is 0 Å². The Hall–Kier alpha value is -1.14. The average Bonchev–Trinajstić information content (AvgIpc) is 2.13. The van der Waals surface area contributed by atoms with E-state index in [0.29, 0.717) is 6.42 Å². The van der Waals surface area contributed by atoms with Crippen LogP contribution < -0.4 is 10.5 Å². The highest BCUT2D eigenvalue weighted by Gasteiger charge is 2.29. The molecule has 4 nitrogen and oxygen atoms in total. The van der Waals surface area contributed by atoms with Gasteiger partial charge in [0.15, 0.2) is 0 Å². The van der Waals surface area contributed by atoms with E-state index in [4.69, 9.17) is 5.73 Å². The van der Waals surface area contributed by atoms with Gasteiger partial charge in [-0.25, -0.2) is 17.5 Å². The first-order valence-corrected chi connectivity index (χ1v) is 7.26. The second kappa shape index (κ2) is 5.24. The predicted octanol–water partition coefficient (Wildman–Crippen LogP) is 2.26. The van der Waals surface area contributed by atoms with Crippen LogP contribution in [0.5, 0.6) is 0 Å². The van der Waals surface area contributed by atoms with Gasteiger partial charge < -0.3 is 5.73 Å². The van der Waals surface area contributed by atoms with Gasteiger partial charge in [0.1, 0.15) is 10.7 Å². The van der Waals surface area contributed by atoms with Crippen LogP contribution >= 0.6 is 0 Å². The molecule has 0 aliphatic heterocycles. The molecule has 0 saturated carbocycles. The van der Waals surface area contributed by atoms with Crippen LogP contribution in [0, 0.1) is 5.82 Å². The van der Waals surface area contributed by atoms with E-state index >= 15 is 0 Å². The van der Waals surface area contributed by atoms with Gasteiger partial charge in [0.25, 0.3) is 0 Å². The van der Waals surface area contributed by atoms with Crippen molar-refractivity contribution in [2.24, 2.45) is 0 Å². The number of nitrogens with two attached hydrogens (primary N) is 1. The van der Waals surface area contributed by atoms with E-state index in [1.807, 2.05) is 6.92 Å². The van der Waals surface area contributed by atoms with Crippen LogP contribution in [0.2, 0.25) is 0 Å². The number of hydrogen-bond donors (Lipinski definition) is 2. The maximum Gasteiger partial charge on any atom is 0.246 e. The van der Waals surface area contributed by atoms with Crippen LogP contribution in [0.15, 0.2) is 23.1 Å². The Morgan fingerprint density at radius 1 is 1.39 bits per heavy atom. The molecule has 0 saturated heterocycles. The predicted molar refractivity (Wildman–Crippen MR) is 70.1 cm³/mol. The van der Waals surface area contributed by atoms with Gasteiger partial charge in [-0.1, -0.05) is 19.4 Å². The largest absolute Gasteiger partial charge is 0.398 e. The van der Waals surface area contributed by atoms with Crippen molar-refractivity contribution in [2.45, 2.75) is 44.0 Å². The second-order valence-corrected chi connectivity index (χ2v) is 6.52. The minimum atomic E-state index is -3.95. The Morgan fingerprint density at radius 2 is 2.00 bits per heavy atom. The van der Waals surface area contributed by atoms with Gasteiger partial charge in [0.05, 0.1) is 5.69 Å². The van der Waals surface area contributed by atoms with E-state index in [0.717, 1.165) is 12.5 Å². The van der Waals surface area contributed by atoms with Crippen LogP contribution in [0.3, 0.4) is 0 Å². The summed E-state index contributed by atoms with van der Waals surface area (Å²) in [5, 5.41) is 0. The Bertz CT molecular complexity index is 507. The van der Waals surface area contributed by atoms with Crippen molar-refractivity contribution in [1.82, 2.24) is 4.72 Å². The highest BCUT2D eigenvalue weighted by molar-refractivity contribution is 7.89. The van der Waals surface area contributed by atoms with Gasteiger partial charge in [-0.3, -0.25) is 0 Å². The molecule has 0 atom stereocenters. The molecule has 0 fully saturated rings. The zero-order valence-corrected chi connectivity index (χ0v) is 11.6. The van der Waals surface area contributed by atoms with E-state index in [1.165, 1.54) is 12.1 Å². The quantitative estimate of drug-likeness (QED) is 0.809. The van der Waals surface area contributed by atoms with E-state index in [9.17, 15) is 12.8 Å². The molecule has 0 aliphatic rings. The summed E-state index contributed by atoms with van der Waals surface area (Å²) in [6, 6.07) is 3.82. The lowest BCUT2D eigenvalue weighted by atomic mass is 10.0. The molecule has 0 heterocycles.